The van der Waals surface area contributed by atoms with Crippen molar-refractivity contribution in [2.45, 2.75) is 148 Å². The van der Waals surface area contributed by atoms with Gasteiger partial charge in [0.25, 0.3) is 0 Å². The van der Waals surface area contributed by atoms with E-state index >= 15 is 0 Å². The predicted octanol–water partition coefficient (Wildman–Crippen LogP) is 4.05. The minimum absolute atomic E-state index is 0.0359. The summed E-state index contributed by atoms with van der Waals surface area (Å²) in [6.45, 7) is 14.5. The van der Waals surface area contributed by atoms with Gasteiger partial charge >= 0.3 is 18.2 Å². The van der Waals surface area contributed by atoms with E-state index in [4.69, 9.17) is 19.9 Å². The molecule has 4 atom stereocenters. The third-order valence-corrected chi connectivity index (χ3v) is 10.4. The molecule has 354 valence electrons. The van der Waals surface area contributed by atoms with E-state index in [1.165, 1.54) is 12.0 Å². The van der Waals surface area contributed by atoms with E-state index in [-0.39, 0.29) is 57.5 Å². The fourth-order valence-corrected chi connectivity index (χ4v) is 7.24. The van der Waals surface area contributed by atoms with Crippen LogP contribution in [0.4, 0.5) is 9.59 Å². The Labute approximate surface area is 378 Å². The molecule has 1 heterocycles. The molecule has 7 N–H and O–H groups in total. The zero-order valence-electron chi connectivity index (χ0n) is 39.0. The number of hydrogen-bond donors (Lipinski definition) is 6. The van der Waals surface area contributed by atoms with Crippen molar-refractivity contribution >= 4 is 41.8 Å². The molecule has 0 aromatic heterocycles. The van der Waals surface area contributed by atoms with Crippen LogP contribution in [0.2, 0.25) is 0 Å². The maximum atomic E-state index is 14.4. The largest absolute Gasteiger partial charge is 0.467 e. The summed E-state index contributed by atoms with van der Waals surface area (Å²) >= 11 is 0. The molecule has 6 amide bonds. The number of unbranched alkanes of at least 4 members (excludes halogenated alkanes) is 1. The number of piperidine rings is 1. The SMILES string of the molecule is COC(=O)C1(NC(=O)OC(C)(C)C)CCN(C(=O)[C@@H](CCCCN)NC(=O)[C@@H](CC(C)C)NC(=O)[C@@H](Cc2ccccc2)NC(=O)[C@@H](Cc2ccccc2)NC(=O)OC(C)(C)C)CC1. The van der Waals surface area contributed by atoms with Crippen LogP contribution in [0.5, 0.6) is 0 Å². The van der Waals surface area contributed by atoms with Crippen molar-refractivity contribution in [3.8, 4) is 0 Å². The minimum atomic E-state index is -1.43. The number of esters is 1. The van der Waals surface area contributed by atoms with E-state index in [1.54, 1.807) is 53.7 Å². The van der Waals surface area contributed by atoms with Crippen molar-refractivity contribution in [3.05, 3.63) is 71.8 Å². The van der Waals surface area contributed by atoms with E-state index < -0.39 is 82.7 Å². The monoisotopic (exact) mass is 894 g/mol. The normalized spacial score (nSPS) is 15.6. The van der Waals surface area contributed by atoms with Crippen LogP contribution >= 0.6 is 0 Å². The van der Waals surface area contributed by atoms with Crippen molar-refractivity contribution < 1.29 is 47.8 Å². The number of rotatable bonds is 20. The molecule has 0 aliphatic carbocycles. The van der Waals surface area contributed by atoms with Gasteiger partial charge in [0.05, 0.1) is 7.11 Å². The Balaban J connectivity index is 1.87. The third kappa shape index (κ3) is 17.8. The number of nitrogens with one attached hydrogen (secondary N) is 5. The van der Waals surface area contributed by atoms with Crippen LogP contribution in [-0.4, -0.2) is 114 Å². The zero-order chi connectivity index (χ0) is 47.7. The average molecular weight is 894 g/mol. The first kappa shape index (κ1) is 52.6. The summed E-state index contributed by atoms with van der Waals surface area (Å²) in [6, 6.07) is 13.7. The van der Waals surface area contributed by atoms with Gasteiger partial charge in [0.15, 0.2) is 0 Å². The van der Waals surface area contributed by atoms with Crippen LogP contribution in [0.3, 0.4) is 0 Å². The van der Waals surface area contributed by atoms with Gasteiger partial charge in [-0.25, -0.2) is 14.4 Å². The molecule has 1 aliphatic rings. The Morgan fingerprint density at radius 2 is 1.11 bits per heavy atom. The molecule has 64 heavy (non-hydrogen) atoms. The number of likely N-dealkylation sites (tertiary alicyclic amines) is 1. The van der Waals surface area contributed by atoms with Crippen molar-refractivity contribution in [1.29, 1.82) is 0 Å². The average Bonchev–Trinajstić information content (AvgIpc) is 3.21. The van der Waals surface area contributed by atoms with E-state index in [2.05, 4.69) is 26.6 Å². The van der Waals surface area contributed by atoms with E-state index in [0.29, 0.717) is 19.4 Å². The lowest BCUT2D eigenvalue weighted by Crippen LogP contribution is -2.63. The highest BCUT2D eigenvalue weighted by molar-refractivity contribution is 5.95. The Hall–Kier alpha value is -5.71. The second kappa shape index (κ2) is 24.4. The zero-order valence-corrected chi connectivity index (χ0v) is 39.0. The molecule has 17 heteroatoms. The maximum absolute atomic E-state index is 14.4. The number of carbonyl (C=O) groups excluding carboxylic acids is 7. The Kier molecular flexibility index (Phi) is 20.0. The van der Waals surface area contributed by atoms with Crippen LogP contribution in [-0.2, 0) is 51.0 Å². The first-order valence-electron chi connectivity index (χ1n) is 22.1. The first-order valence-corrected chi connectivity index (χ1v) is 22.1. The smallest absolute Gasteiger partial charge is 0.408 e. The number of nitrogens with zero attached hydrogens (tertiary/aromatic N) is 1. The molecule has 2 aromatic rings. The summed E-state index contributed by atoms with van der Waals surface area (Å²) < 4.78 is 15.9. The van der Waals surface area contributed by atoms with Crippen molar-refractivity contribution in [2.75, 3.05) is 26.7 Å². The van der Waals surface area contributed by atoms with Crippen molar-refractivity contribution in [3.63, 3.8) is 0 Å². The topological polar surface area (TPSA) is 237 Å². The number of alkyl carbamates (subject to hydrolysis) is 2. The second-order valence-electron chi connectivity index (χ2n) is 18.7. The number of methoxy groups -OCH3 is 1. The van der Waals surface area contributed by atoms with Crippen LogP contribution in [0.25, 0.3) is 0 Å². The number of benzene rings is 2. The Morgan fingerprint density at radius 1 is 0.656 bits per heavy atom. The van der Waals surface area contributed by atoms with Crippen LogP contribution in [0.15, 0.2) is 60.7 Å². The number of nitrogens with two attached hydrogens (primary N) is 1. The predicted molar refractivity (Wildman–Crippen MR) is 242 cm³/mol. The summed E-state index contributed by atoms with van der Waals surface area (Å²) in [5, 5.41) is 13.9. The van der Waals surface area contributed by atoms with Gasteiger partial charge in [0.1, 0.15) is 40.9 Å². The Morgan fingerprint density at radius 3 is 1.58 bits per heavy atom. The molecular formula is C47H71N7O10. The van der Waals surface area contributed by atoms with Gasteiger partial charge in [-0.3, -0.25) is 19.2 Å². The standard InChI is InChI=1S/C47H71N7O10/c1-31(2)28-35(38(55)49-34(22-16-17-25-48)41(58)54-26-23-47(24-27-54,42(59)62-9)53-44(61)64-46(6,7)8)50-39(56)36(29-32-18-12-10-13-19-32)51-40(57)37(30-33-20-14-11-15-21-33)52-43(60)63-45(3,4)5/h10-15,18-21,31,34-37H,16-17,22-30,48H2,1-9H3,(H,49,55)(H,50,56)(H,51,57)(H,52,60)(H,53,61)/t34-,35-,36-,37-/m1/s1. The van der Waals surface area contributed by atoms with E-state index in [0.717, 1.165) is 11.1 Å². The van der Waals surface area contributed by atoms with Gasteiger partial charge in [0, 0.05) is 25.9 Å². The number of amides is 6. The lowest BCUT2D eigenvalue weighted by molar-refractivity contribution is -0.153. The molecule has 0 bridgehead atoms. The highest BCUT2D eigenvalue weighted by Gasteiger charge is 2.46. The highest BCUT2D eigenvalue weighted by atomic mass is 16.6. The van der Waals surface area contributed by atoms with Gasteiger partial charge in [-0.1, -0.05) is 74.5 Å². The van der Waals surface area contributed by atoms with Crippen molar-refractivity contribution in [2.24, 2.45) is 11.7 Å². The van der Waals surface area contributed by atoms with Crippen LogP contribution in [0, 0.1) is 5.92 Å². The number of ether oxygens (including phenoxy) is 3. The fourth-order valence-electron chi connectivity index (χ4n) is 7.24. The fraction of sp³-hybridized carbons (Fsp3) is 0.596. The third-order valence-electron chi connectivity index (χ3n) is 10.4. The minimum Gasteiger partial charge on any atom is -0.467 e. The Bertz CT molecular complexity index is 1860. The molecule has 3 rings (SSSR count). The summed E-state index contributed by atoms with van der Waals surface area (Å²) in [4.78, 5) is 97.2. The highest BCUT2D eigenvalue weighted by Crippen LogP contribution is 2.26. The molecule has 0 saturated carbocycles. The molecule has 1 saturated heterocycles. The number of hydrogen-bond acceptors (Lipinski definition) is 11. The van der Waals surface area contributed by atoms with Crippen LogP contribution in [0.1, 0.15) is 105 Å². The van der Waals surface area contributed by atoms with Crippen LogP contribution < -0.4 is 32.3 Å². The maximum Gasteiger partial charge on any atom is 0.408 e. The summed E-state index contributed by atoms with van der Waals surface area (Å²) in [5.41, 5.74) is 4.20. The quantitative estimate of drug-likeness (QED) is 0.0630. The molecule has 1 fully saturated rings. The van der Waals surface area contributed by atoms with Gasteiger partial charge in [0.2, 0.25) is 23.6 Å². The first-order chi connectivity index (χ1) is 30.0. The van der Waals surface area contributed by atoms with Gasteiger partial charge in [-0.2, -0.15) is 0 Å². The van der Waals surface area contributed by atoms with E-state index in [9.17, 15) is 33.6 Å². The molecule has 0 unspecified atom stereocenters. The molecule has 2 aromatic carbocycles. The molecule has 1 aliphatic heterocycles. The summed E-state index contributed by atoms with van der Waals surface area (Å²) in [7, 11) is 1.22. The van der Waals surface area contributed by atoms with Crippen molar-refractivity contribution in [1.82, 2.24) is 31.5 Å². The van der Waals surface area contributed by atoms with Gasteiger partial charge < -0.3 is 51.4 Å². The van der Waals surface area contributed by atoms with Gasteiger partial charge in [-0.15, -0.1) is 0 Å². The number of carbonyl (C=O) groups is 7. The molecular weight excluding hydrogens is 823 g/mol. The summed E-state index contributed by atoms with van der Waals surface area (Å²) in [5.74, 6) is -3.03. The summed E-state index contributed by atoms with van der Waals surface area (Å²) in [6.07, 6.45) is 0.189. The lowest BCUT2D eigenvalue weighted by atomic mass is 9.87. The van der Waals surface area contributed by atoms with E-state index in [1.807, 2.05) is 62.4 Å². The molecule has 17 nitrogen and oxygen atoms in total. The van der Waals surface area contributed by atoms with Gasteiger partial charge in [-0.05, 0) is 104 Å². The molecule has 0 spiro atoms. The molecule has 0 radical (unpaired) electrons. The second-order valence-corrected chi connectivity index (χ2v) is 18.7. The lowest BCUT2D eigenvalue weighted by Gasteiger charge is -2.41.